The number of hydrogen-bond acceptors (Lipinski definition) is 5. The fraction of sp³-hybridized carbons (Fsp3) is 0.261. The van der Waals surface area contributed by atoms with Crippen LogP contribution in [0.4, 0.5) is 11.4 Å². The van der Waals surface area contributed by atoms with Crippen LogP contribution in [0, 0.1) is 13.8 Å². The first-order valence-electron chi connectivity index (χ1n) is 10.1. The number of sulfonamides is 1. The number of carbonyl (C=O) groups excluding carboxylic acids is 1. The predicted octanol–water partition coefficient (Wildman–Crippen LogP) is 4.30. The number of amides is 1. The molecule has 1 aromatic heterocycles. The van der Waals surface area contributed by atoms with E-state index in [-0.39, 0.29) is 16.6 Å². The Kier molecular flexibility index (Phi) is 5.49. The molecule has 0 spiro atoms. The van der Waals surface area contributed by atoms with Crippen molar-refractivity contribution in [1.29, 1.82) is 0 Å². The molecule has 0 aliphatic carbocycles. The molecule has 0 atom stereocenters. The van der Waals surface area contributed by atoms with Gasteiger partial charge in [-0.1, -0.05) is 0 Å². The van der Waals surface area contributed by atoms with E-state index in [1.807, 2.05) is 20.8 Å². The topological polar surface area (TPSA) is 88.9 Å². The van der Waals surface area contributed by atoms with E-state index in [0.717, 1.165) is 22.4 Å². The molecular formula is C23H24N2O5S. The smallest absolute Gasteiger partial charge is 0.293 e. The Balaban J connectivity index is 1.57. The lowest BCUT2D eigenvalue weighted by Crippen LogP contribution is -2.28. The summed E-state index contributed by atoms with van der Waals surface area (Å²) >= 11 is 0. The monoisotopic (exact) mass is 440 g/mol. The molecule has 0 saturated carbocycles. The Morgan fingerprint density at radius 2 is 1.90 bits per heavy atom. The zero-order valence-corrected chi connectivity index (χ0v) is 18.5. The molecule has 31 heavy (non-hydrogen) atoms. The maximum absolute atomic E-state index is 13.0. The Labute approximate surface area is 181 Å². The minimum atomic E-state index is -3.77. The van der Waals surface area contributed by atoms with E-state index in [2.05, 4.69) is 4.72 Å². The van der Waals surface area contributed by atoms with E-state index in [4.69, 9.17) is 9.15 Å². The van der Waals surface area contributed by atoms with Gasteiger partial charge in [-0.15, -0.1) is 0 Å². The van der Waals surface area contributed by atoms with Gasteiger partial charge in [0.25, 0.3) is 15.9 Å². The number of fused-ring (bicyclic) bond motifs is 1. The lowest BCUT2D eigenvalue weighted by atomic mass is 10.1. The highest BCUT2D eigenvalue weighted by atomic mass is 32.2. The summed E-state index contributed by atoms with van der Waals surface area (Å²) in [5.74, 6) is 0.775. The molecule has 4 rings (SSSR count). The number of ether oxygens (including phenoxy) is 1. The molecule has 1 aliphatic rings. The Morgan fingerprint density at radius 3 is 2.55 bits per heavy atom. The first-order valence-corrected chi connectivity index (χ1v) is 11.5. The van der Waals surface area contributed by atoms with Gasteiger partial charge < -0.3 is 14.1 Å². The molecule has 1 N–H and O–H groups in total. The van der Waals surface area contributed by atoms with Gasteiger partial charge in [-0.25, -0.2) is 8.42 Å². The van der Waals surface area contributed by atoms with Crippen LogP contribution in [0.25, 0.3) is 0 Å². The Bertz CT molecular complexity index is 1210. The number of carbonyl (C=O) groups is 1. The summed E-state index contributed by atoms with van der Waals surface area (Å²) in [5, 5.41) is 0. The van der Waals surface area contributed by atoms with Crippen LogP contribution in [0.3, 0.4) is 0 Å². The van der Waals surface area contributed by atoms with Crippen LogP contribution in [0.1, 0.15) is 34.2 Å². The van der Waals surface area contributed by atoms with Gasteiger partial charge in [0.05, 0.1) is 17.8 Å². The van der Waals surface area contributed by atoms with Gasteiger partial charge in [-0.05, 0) is 86.3 Å². The van der Waals surface area contributed by atoms with Crippen molar-refractivity contribution < 1.29 is 22.4 Å². The third-order valence-electron chi connectivity index (χ3n) is 5.24. The summed E-state index contributed by atoms with van der Waals surface area (Å²) in [6, 6.07) is 11.7. The third kappa shape index (κ3) is 4.03. The van der Waals surface area contributed by atoms with Crippen molar-refractivity contribution >= 4 is 27.3 Å². The molecule has 0 unspecified atom stereocenters. The average Bonchev–Trinajstić information content (AvgIpc) is 3.39. The summed E-state index contributed by atoms with van der Waals surface area (Å²) in [5.41, 5.74) is 3.65. The molecule has 7 nitrogen and oxygen atoms in total. The third-order valence-corrected chi connectivity index (χ3v) is 6.60. The first kappa shape index (κ1) is 21.0. The maximum atomic E-state index is 13.0. The fourth-order valence-electron chi connectivity index (χ4n) is 3.86. The van der Waals surface area contributed by atoms with E-state index < -0.39 is 10.0 Å². The highest BCUT2D eigenvalue weighted by Crippen LogP contribution is 2.33. The van der Waals surface area contributed by atoms with Crippen molar-refractivity contribution in [1.82, 2.24) is 0 Å². The van der Waals surface area contributed by atoms with Gasteiger partial charge >= 0.3 is 0 Å². The number of nitrogens with one attached hydrogen (secondary N) is 1. The van der Waals surface area contributed by atoms with Crippen LogP contribution >= 0.6 is 0 Å². The molecule has 1 amide bonds. The van der Waals surface area contributed by atoms with E-state index in [9.17, 15) is 13.2 Å². The van der Waals surface area contributed by atoms with Crippen molar-refractivity contribution in [2.24, 2.45) is 0 Å². The number of rotatable bonds is 6. The van der Waals surface area contributed by atoms with Crippen LogP contribution in [-0.2, 0) is 16.4 Å². The molecule has 0 bridgehead atoms. The first-order chi connectivity index (χ1) is 14.8. The van der Waals surface area contributed by atoms with Crippen molar-refractivity contribution in [3.63, 3.8) is 0 Å². The number of furan rings is 1. The van der Waals surface area contributed by atoms with Crippen LogP contribution in [-0.4, -0.2) is 27.5 Å². The van der Waals surface area contributed by atoms with Gasteiger partial charge in [0.15, 0.2) is 5.76 Å². The van der Waals surface area contributed by atoms with Crippen molar-refractivity contribution in [3.8, 4) is 5.75 Å². The Hall–Kier alpha value is -3.26. The van der Waals surface area contributed by atoms with Crippen molar-refractivity contribution in [3.05, 3.63) is 71.2 Å². The molecule has 0 saturated heterocycles. The molecule has 3 aromatic rings. The lowest BCUT2D eigenvalue weighted by molar-refractivity contribution is 0.0963. The lowest BCUT2D eigenvalue weighted by Gasteiger charge is -2.17. The molecular weight excluding hydrogens is 416 g/mol. The standard InChI is InChI=1S/C23H24N2O5S/c1-4-29-22-15(2)12-19(13-16(22)3)31(27,28)24-18-7-8-20-17(14-18)9-10-25(20)23(26)21-6-5-11-30-21/h5-8,11-14,24H,4,9-10H2,1-3H3. The number of benzene rings is 2. The maximum Gasteiger partial charge on any atom is 0.293 e. The predicted molar refractivity (Wildman–Crippen MR) is 118 cm³/mol. The SMILES string of the molecule is CCOc1c(C)cc(S(=O)(=O)Nc2ccc3c(c2)CCN3C(=O)c2ccco2)cc1C. The molecule has 0 radical (unpaired) electrons. The van der Waals surface area contributed by atoms with Crippen LogP contribution in [0.15, 0.2) is 58.0 Å². The second-order valence-electron chi connectivity index (χ2n) is 7.45. The highest BCUT2D eigenvalue weighted by Gasteiger charge is 2.28. The minimum absolute atomic E-state index is 0.182. The molecule has 2 heterocycles. The van der Waals surface area contributed by atoms with Crippen molar-refractivity contribution in [2.45, 2.75) is 32.1 Å². The van der Waals surface area contributed by atoms with E-state index in [1.54, 1.807) is 47.4 Å². The van der Waals surface area contributed by atoms with Gasteiger partial charge in [-0.3, -0.25) is 9.52 Å². The molecule has 8 heteroatoms. The van der Waals surface area contributed by atoms with E-state index >= 15 is 0 Å². The molecule has 1 aliphatic heterocycles. The van der Waals surface area contributed by atoms with Gasteiger partial charge in [0.2, 0.25) is 0 Å². The number of hydrogen-bond donors (Lipinski definition) is 1. The number of aryl methyl sites for hydroxylation is 2. The summed E-state index contributed by atoms with van der Waals surface area (Å²) < 4.78 is 39.4. The van der Waals surface area contributed by atoms with Crippen LogP contribution < -0.4 is 14.4 Å². The van der Waals surface area contributed by atoms with Crippen molar-refractivity contribution in [2.75, 3.05) is 22.8 Å². The Morgan fingerprint density at radius 1 is 1.16 bits per heavy atom. The average molecular weight is 441 g/mol. The molecule has 162 valence electrons. The second-order valence-corrected chi connectivity index (χ2v) is 9.13. The number of nitrogens with zero attached hydrogens (tertiary/aromatic N) is 1. The zero-order chi connectivity index (χ0) is 22.2. The minimum Gasteiger partial charge on any atom is -0.493 e. The summed E-state index contributed by atoms with van der Waals surface area (Å²) in [4.78, 5) is 14.4. The zero-order valence-electron chi connectivity index (χ0n) is 17.6. The number of anilines is 2. The normalized spacial score (nSPS) is 13.2. The summed E-state index contributed by atoms with van der Waals surface area (Å²) in [6.07, 6.45) is 2.10. The largest absolute Gasteiger partial charge is 0.493 e. The summed E-state index contributed by atoms with van der Waals surface area (Å²) in [7, 11) is -3.77. The van der Waals surface area contributed by atoms with E-state index in [1.165, 1.54) is 6.26 Å². The highest BCUT2D eigenvalue weighted by molar-refractivity contribution is 7.92. The van der Waals surface area contributed by atoms with Gasteiger partial charge in [-0.2, -0.15) is 0 Å². The quantitative estimate of drug-likeness (QED) is 0.617. The van der Waals surface area contributed by atoms with Gasteiger partial charge in [0.1, 0.15) is 5.75 Å². The van der Waals surface area contributed by atoms with Crippen LogP contribution in [0.5, 0.6) is 5.75 Å². The van der Waals surface area contributed by atoms with E-state index in [0.29, 0.717) is 31.0 Å². The molecule has 2 aromatic carbocycles. The fourth-order valence-corrected chi connectivity index (χ4v) is 5.08. The second kappa shape index (κ2) is 8.11. The molecule has 0 fully saturated rings. The summed E-state index contributed by atoms with van der Waals surface area (Å²) in [6.45, 7) is 6.58. The van der Waals surface area contributed by atoms with Gasteiger partial charge in [0, 0.05) is 17.9 Å². The van der Waals surface area contributed by atoms with Crippen LogP contribution in [0.2, 0.25) is 0 Å².